The van der Waals surface area contributed by atoms with Crippen LogP contribution in [-0.4, -0.2) is 22.8 Å². The van der Waals surface area contributed by atoms with Gasteiger partial charge in [-0.3, -0.25) is 5.41 Å². The van der Waals surface area contributed by atoms with Crippen LogP contribution >= 0.6 is 11.6 Å². The van der Waals surface area contributed by atoms with Gasteiger partial charge in [-0.1, -0.05) is 0 Å². The van der Waals surface area contributed by atoms with Gasteiger partial charge in [0.1, 0.15) is 17.4 Å². The lowest BCUT2D eigenvalue weighted by atomic mass is 10.0. The van der Waals surface area contributed by atoms with Gasteiger partial charge in [-0.15, -0.1) is 0 Å². The summed E-state index contributed by atoms with van der Waals surface area (Å²) in [5.41, 5.74) is 6.16. The number of halogens is 2. The molecule has 98 valence electrons. The Morgan fingerprint density at radius 3 is 2.79 bits per heavy atom. The third kappa shape index (κ3) is 2.63. The zero-order chi connectivity index (χ0) is 14.0. The molecule has 0 aliphatic heterocycles. The van der Waals surface area contributed by atoms with Crippen LogP contribution in [0.2, 0.25) is 5.28 Å². The standard InChI is InChI=1S/C12H10ClFN4O/c1-19-9-3-2-6(14)4-7(9)10(15)8-5-17-12(13)18-11(8)16/h2-5,15H,1H3,(H2,16,17,18). The fourth-order valence-electron chi connectivity index (χ4n) is 1.59. The van der Waals surface area contributed by atoms with E-state index in [9.17, 15) is 4.39 Å². The highest BCUT2D eigenvalue weighted by Gasteiger charge is 2.15. The third-order valence-corrected chi connectivity index (χ3v) is 2.67. The normalized spacial score (nSPS) is 10.3. The lowest BCUT2D eigenvalue weighted by Gasteiger charge is -2.11. The second kappa shape index (κ2) is 5.19. The summed E-state index contributed by atoms with van der Waals surface area (Å²) < 4.78 is 18.4. The van der Waals surface area contributed by atoms with Crippen molar-refractivity contribution < 1.29 is 9.13 Å². The highest BCUT2D eigenvalue weighted by molar-refractivity contribution is 6.28. The maximum absolute atomic E-state index is 13.3. The van der Waals surface area contributed by atoms with Gasteiger partial charge in [0.05, 0.1) is 18.4 Å². The van der Waals surface area contributed by atoms with Gasteiger partial charge in [0.15, 0.2) is 0 Å². The van der Waals surface area contributed by atoms with E-state index in [4.69, 9.17) is 27.5 Å². The Morgan fingerprint density at radius 1 is 1.42 bits per heavy atom. The number of methoxy groups -OCH3 is 1. The van der Waals surface area contributed by atoms with Gasteiger partial charge in [-0.05, 0) is 29.8 Å². The first-order valence-corrected chi connectivity index (χ1v) is 5.61. The summed E-state index contributed by atoms with van der Waals surface area (Å²) in [7, 11) is 1.44. The zero-order valence-corrected chi connectivity index (χ0v) is 10.7. The fraction of sp³-hybridized carbons (Fsp3) is 0.0833. The Morgan fingerprint density at radius 2 is 2.16 bits per heavy atom. The molecule has 0 saturated carbocycles. The van der Waals surface area contributed by atoms with Gasteiger partial charge >= 0.3 is 0 Å². The number of benzene rings is 1. The van der Waals surface area contributed by atoms with Crippen LogP contribution < -0.4 is 10.5 Å². The summed E-state index contributed by atoms with van der Waals surface area (Å²) in [5, 5.41) is 8.06. The molecular weight excluding hydrogens is 271 g/mol. The van der Waals surface area contributed by atoms with Crippen LogP contribution in [-0.2, 0) is 0 Å². The average molecular weight is 281 g/mol. The molecule has 0 atom stereocenters. The second-order valence-electron chi connectivity index (χ2n) is 3.66. The van der Waals surface area contributed by atoms with E-state index in [0.29, 0.717) is 5.75 Å². The maximum atomic E-state index is 13.3. The molecule has 0 saturated heterocycles. The molecule has 0 radical (unpaired) electrons. The van der Waals surface area contributed by atoms with E-state index in [1.54, 1.807) is 0 Å². The van der Waals surface area contributed by atoms with Crippen molar-refractivity contribution in [2.45, 2.75) is 0 Å². The minimum atomic E-state index is -0.478. The van der Waals surface area contributed by atoms with Crippen LogP contribution in [0.4, 0.5) is 10.2 Å². The van der Waals surface area contributed by atoms with E-state index >= 15 is 0 Å². The quantitative estimate of drug-likeness (QED) is 0.667. The van der Waals surface area contributed by atoms with Crippen LogP contribution in [0.3, 0.4) is 0 Å². The second-order valence-corrected chi connectivity index (χ2v) is 4.00. The summed E-state index contributed by atoms with van der Waals surface area (Å²) in [5.74, 6) is -0.0638. The maximum Gasteiger partial charge on any atom is 0.224 e. The van der Waals surface area contributed by atoms with E-state index < -0.39 is 5.82 Å². The number of nitrogen functional groups attached to an aromatic ring is 1. The summed E-state index contributed by atoms with van der Waals surface area (Å²) in [6.45, 7) is 0. The van der Waals surface area contributed by atoms with Crippen molar-refractivity contribution in [2.75, 3.05) is 12.8 Å². The Kier molecular flexibility index (Phi) is 3.62. The van der Waals surface area contributed by atoms with E-state index in [1.807, 2.05) is 0 Å². The predicted molar refractivity (Wildman–Crippen MR) is 70.3 cm³/mol. The van der Waals surface area contributed by atoms with Crippen LogP contribution in [0.1, 0.15) is 11.1 Å². The average Bonchev–Trinajstić information content (AvgIpc) is 2.38. The molecule has 0 amide bonds. The molecule has 0 unspecified atom stereocenters. The molecule has 2 aromatic rings. The molecule has 0 spiro atoms. The topological polar surface area (TPSA) is 84.9 Å². The van der Waals surface area contributed by atoms with Crippen LogP contribution in [0.5, 0.6) is 5.75 Å². The Hall–Kier alpha value is -2.21. The first-order chi connectivity index (χ1) is 9.02. The summed E-state index contributed by atoms with van der Waals surface area (Å²) in [4.78, 5) is 7.52. The van der Waals surface area contributed by atoms with E-state index in [2.05, 4.69) is 9.97 Å². The zero-order valence-electron chi connectivity index (χ0n) is 9.95. The highest BCUT2D eigenvalue weighted by Crippen LogP contribution is 2.24. The molecular formula is C12H10ClFN4O. The predicted octanol–water partition coefficient (Wildman–Crippen LogP) is 2.28. The molecule has 5 nitrogen and oxygen atoms in total. The lowest BCUT2D eigenvalue weighted by Crippen LogP contribution is -2.10. The SMILES string of the molecule is COc1ccc(F)cc1C(=N)c1cnc(Cl)nc1N. The number of nitrogens with two attached hydrogens (primary N) is 1. The summed E-state index contributed by atoms with van der Waals surface area (Å²) in [6, 6.07) is 3.87. The molecule has 1 aromatic carbocycles. The molecule has 0 fully saturated rings. The number of ether oxygens (including phenoxy) is 1. The minimum absolute atomic E-state index is 0.0137. The number of nitrogens with one attached hydrogen (secondary N) is 1. The molecule has 1 heterocycles. The number of hydrogen-bond acceptors (Lipinski definition) is 5. The van der Waals surface area contributed by atoms with Gasteiger partial charge in [-0.2, -0.15) is 0 Å². The smallest absolute Gasteiger partial charge is 0.224 e. The van der Waals surface area contributed by atoms with Crippen LogP contribution in [0.15, 0.2) is 24.4 Å². The molecule has 0 aliphatic carbocycles. The van der Waals surface area contributed by atoms with E-state index in [0.717, 1.165) is 0 Å². The van der Waals surface area contributed by atoms with E-state index in [-0.39, 0.29) is 27.9 Å². The van der Waals surface area contributed by atoms with Gasteiger partial charge in [-0.25, -0.2) is 14.4 Å². The Labute approximate surface area is 113 Å². The highest BCUT2D eigenvalue weighted by atomic mass is 35.5. The lowest BCUT2D eigenvalue weighted by molar-refractivity contribution is 0.413. The minimum Gasteiger partial charge on any atom is -0.496 e. The number of anilines is 1. The monoisotopic (exact) mass is 280 g/mol. The van der Waals surface area contributed by atoms with Crippen molar-refractivity contribution >= 4 is 23.1 Å². The molecule has 7 heteroatoms. The number of hydrogen-bond donors (Lipinski definition) is 2. The van der Waals surface area contributed by atoms with Crippen LogP contribution in [0, 0.1) is 11.2 Å². The van der Waals surface area contributed by atoms with Gasteiger partial charge in [0, 0.05) is 11.8 Å². The first kappa shape index (κ1) is 13.2. The van der Waals surface area contributed by atoms with Gasteiger partial charge in [0.25, 0.3) is 0 Å². The molecule has 0 bridgehead atoms. The van der Waals surface area contributed by atoms with Crippen molar-refractivity contribution in [1.29, 1.82) is 5.41 Å². The first-order valence-electron chi connectivity index (χ1n) is 5.23. The molecule has 3 N–H and O–H groups in total. The van der Waals surface area contributed by atoms with Crippen molar-refractivity contribution in [1.82, 2.24) is 9.97 Å². The summed E-state index contributed by atoms with van der Waals surface area (Å²) in [6.07, 6.45) is 1.32. The number of aromatic nitrogens is 2. The molecule has 1 aromatic heterocycles. The van der Waals surface area contributed by atoms with Crippen molar-refractivity contribution in [3.05, 3.63) is 46.6 Å². The largest absolute Gasteiger partial charge is 0.496 e. The Balaban J connectivity index is 2.52. The van der Waals surface area contributed by atoms with E-state index in [1.165, 1.54) is 31.5 Å². The summed E-state index contributed by atoms with van der Waals surface area (Å²) >= 11 is 5.59. The Bertz CT molecular complexity index is 648. The fourth-order valence-corrected chi connectivity index (χ4v) is 1.73. The molecule has 19 heavy (non-hydrogen) atoms. The van der Waals surface area contributed by atoms with Crippen molar-refractivity contribution in [2.24, 2.45) is 0 Å². The van der Waals surface area contributed by atoms with Gasteiger partial charge in [0.2, 0.25) is 5.28 Å². The number of nitrogens with zero attached hydrogens (tertiary/aromatic N) is 2. The molecule has 0 aliphatic rings. The third-order valence-electron chi connectivity index (χ3n) is 2.49. The molecule has 2 rings (SSSR count). The van der Waals surface area contributed by atoms with Gasteiger partial charge < -0.3 is 10.5 Å². The van der Waals surface area contributed by atoms with Crippen LogP contribution in [0.25, 0.3) is 0 Å². The van der Waals surface area contributed by atoms with Crippen molar-refractivity contribution in [3.63, 3.8) is 0 Å². The number of rotatable bonds is 3. The van der Waals surface area contributed by atoms with Crippen molar-refractivity contribution in [3.8, 4) is 5.75 Å².